The second-order valence-corrected chi connectivity index (χ2v) is 7.14. The largest absolute Gasteiger partial charge is 0.298 e. The zero-order valence-electron chi connectivity index (χ0n) is 13.1. The number of thiazole rings is 1. The molecule has 0 aliphatic heterocycles. The third-order valence-electron chi connectivity index (χ3n) is 3.56. The molecule has 3 nitrogen and oxygen atoms in total. The SMILES string of the molecule is Cc1ccc(-c2csc(NC(=O)c3ccc(Cl)cc3Cl)n2)c(C)c1. The van der Waals surface area contributed by atoms with Crippen molar-refractivity contribution in [3.63, 3.8) is 0 Å². The Balaban J connectivity index is 1.82. The maximum absolute atomic E-state index is 12.3. The van der Waals surface area contributed by atoms with E-state index in [-0.39, 0.29) is 5.91 Å². The standard InChI is InChI=1S/C18H14Cl2N2OS/c1-10-3-5-13(11(2)7-10)16-9-24-18(21-16)22-17(23)14-6-4-12(19)8-15(14)20/h3-9H,1-2H3,(H,21,22,23). The number of benzene rings is 2. The molecule has 0 atom stereocenters. The van der Waals surface area contributed by atoms with Gasteiger partial charge in [-0.25, -0.2) is 4.98 Å². The van der Waals surface area contributed by atoms with Gasteiger partial charge in [0.2, 0.25) is 0 Å². The van der Waals surface area contributed by atoms with Gasteiger partial charge < -0.3 is 0 Å². The van der Waals surface area contributed by atoms with Gasteiger partial charge in [0.15, 0.2) is 5.13 Å². The predicted octanol–water partition coefficient (Wildman–Crippen LogP) is 5.99. The molecule has 6 heteroatoms. The molecule has 24 heavy (non-hydrogen) atoms. The first-order chi connectivity index (χ1) is 11.4. The van der Waals surface area contributed by atoms with Gasteiger partial charge in [0, 0.05) is 16.0 Å². The zero-order valence-corrected chi connectivity index (χ0v) is 15.4. The van der Waals surface area contributed by atoms with Gasteiger partial charge in [-0.1, -0.05) is 47.0 Å². The third-order valence-corrected chi connectivity index (χ3v) is 4.86. The average molecular weight is 377 g/mol. The van der Waals surface area contributed by atoms with Crippen molar-refractivity contribution in [3.8, 4) is 11.3 Å². The molecule has 1 aromatic heterocycles. The summed E-state index contributed by atoms with van der Waals surface area (Å²) in [5.74, 6) is -0.307. The Morgan fingerprint density at radius 1 is 1.12 bits per heavy atom. The molecule has 1 heterocycles. The topological polar surface area (TPSA) is 42.0 Å². The molecule has 0 unspecified atom stereocenters. The molecule has 0 aliphatic rings. The van der Waals surface area contributed by atoms with Crippen LogP contribution in [0.4, 0.5) is 5.13 Å². The molecule has 1 N–H and O–H groups in total. The quantitative estimate of drug-likeness (QED) is 0.610. The molecule has 0 aliphatic carbocycles. The van der Waals surface area contributed by atoms with Crippen molar-refractivity contribution >= 4 is 45.6 Å². The highest BCUT2D eigenvalue weighted by Crippen LogP contribution is 2.29. The second-order valence-electron chi connectivity index (χ2n) is 5.43. The summed E-state index contributed by atoms with van der Waals surface area (Å²) in [6.45, 7) is 4.10. The molecule has 3 rings (SSSR count). The van der Waals surface area contributed by atoms with Crippen LogP contribution in [0.1, 0.15) is 21.5 Å². The summed E-state index contributed by atoms with van der Waals surface area (Å²) in [6, 6.07) is 11.0. The van der Waals surface area contributed by atoms with Gasteiger partial charge in [0.1, 0.15) is 0 Å². The van der Waals surface area contributed by atoms with Crippen molar-refractivity contribution in [3.05, 3.63) is 68.5 Å². The van der Waals surface area contributed by atoms with E-state index in [1.54, 1.807) is 18.2 Å². The molecule has 0 saturated heterocycles. The number of aromatic nitrogens is 1. The Labute approximate surface area is 154 Å². The maximum atomic E-state index is 12.3. The number of carbonyl (C=O) groups is 1. The van der Waals surface area contributed by atoms with Crippen molar-refractivity contribution in [1.82, 2.24) is 4.98 Å². The highest BCUT2D eigenvalue weighted by molar-refractivity contribution is 7.14. The zero-order chi connectivity index (χ0) is 17.3. The van der Waals surface area contributed by atoms with Gasteiger partial charge in [0.25, 0.3) is 5.91 Å². The van der Waals surface area contributed by atoms with E-state index < -0.39 is 0 Å². The number of carbonyl (C=O) groups excluding carboxylic acids is 1. The number of nitrogens with zero attached hydrogens (tertiary/aromatic N) is 1. The van der Waals surface area contributed by atoms with Crippen LogP contribution in [-0.4, -0.2) is 10.9 Å². The van der Waals surface area contributed by atoms with E-state index in [4.69, 9.17) is 23.2 Å². The van der Waals surface area contributed by atoms with Gasteiger partial charge in [-0.05, 0) is 37.6 Å². The highest BCUT2D eigenvalue weighted by atomic mass is 35.5. The molecule has 1 amide bonds. The van der Waals surface area contributed by atoms with Gasteiger partial charge >= 0.3 is 0 Å². The van der Waals surface area contributed by atoms with E-state index in [2.05, 4.69) is 23.3 Å². The van der Waals surface area contributed by atoms with E-state index in [0.717, 1.165) is 16.8 Å². The number of rotatable bonds is 3. The van der Waals surface area contributed by atoms with Crippen LogP contribution >= 0.6 is 34.5 Å². The van der Waals surface area contributed by atoms with Crippen LogP contribution in [0.25, 0.3) is 11.3 Å². The highest BCUT2D eigenvalue weighted by Gasteiger charge is 2.14. The first-order valence-electron chi connectivity index (χ1n) is 7.23. The maximum Gasteiger partial charge on any atom is 0.258 e. The number of anilines is 1. The molecular formula is C18H14Cl2N2OS. The Kier molecular flexibility index (Phi) is 4.90. The Hall–Kier alpha value is -1.88. The van der Waals surface area contributed by atoms with E-state index in [1.165, 1.54) is 16.9 Å². The van der Waals surface area contributed by atoms with Crippen molar-refractivity contribution in [2.75, 3.05) is 5.32 Å². The minimum atomic E-state index is -0.307. The van der Waals surface area contributed by atoms with E-state index in [9.17, 15) is 4.79 Å². The fraction of sp³-hybridized carbons (Fsp3) is 0.111. The Bertz CT molecular complexity index is 921. The number of halogens is 2. The summed E-state index contributed by atoms with van der Waals surface area (Å²) < 4.78 is 0. The van der Waals surface area contributed by atoms with Crippen molar-refractivity contribution in [1.29, 1.82) is 0 Å². The summed E-state index contributed by atoms with van der Waals surface area (Å²) in [5.41, 5.74) is 4.62. The number of nitrogens with one attached hydrogen (secondary N) is 1. The lowest BCUT2D eigenvalue weighted by Gasteiger charge is -2.05. The van der Waals surface area contributed by atoms with Crippen LogP contribution in [-0.2, 0) is 0 Å². The predicted molar refractivity (Wildman–Crippen MR) is 101 cm³/mol. The molecule has 0 saturated carbocycles. The number of hydrogen-bond acceptors (Lipinski definition) is 3. The summed E-state index contributed by atoms with van der Waals surface area (Å²) in [6.07, 6.45) is 0. The van der Waals surface area contributed by atoms with E-state index >= 15 is 0 Å². The van der Waals surface area contributed by atoms with Crippen LogP contribution < -0.4 is 5.32 Å². The van der Waals surface area contributed by atoms with Crippen molar-refractivity contribution in [2.45, 2.75) is 13.8 Å². The van der Waals surface area contributed by atoms with Crippen LogP contribution in [0.15, 0.2) is 41.8 Å². The molecule has 0 spiro atoms. The van der Waals surface area contributed by atoms with Gasteiger partial charge in [-0.3, -0.25) is 10.1 Å². The molecule has 122 valence electrons. The van der Waals surface area contributed by atoms with Crippen LogP contribution in [0.2, 0.25) is 10.0 Å². The first-order valence-corrected chi connectivity index (χ1v) is 8.87. The Morgan fingerprint density at radius 3 is 2.62 bits per heavy atom. The lowest BCUT2D eigenvalue weighted by molar-refractivity contribution is 0.102. The lowest BCUT2D eigenvalue weighted by Crippen LogP contribution is -2.12. The minimum absolute atomic E-state index is 0.307. The van der Waals surface area contributed by atoms with Crippen molar-refractivity contribution < 1.29 is 4.79 Å². The molecule has 2 aromatic carbocycles. The molecule has 3 aromatic rings. The van der Waals surface area contributed by atoms with Crippen LogP contribution in [0.3, 0.4) is 0 Å². The number of amides is 1. The number of hydrogen-bond donors (Lipinski definition) is 1. The lowest BCUT2D eigenvalue weighted by atomic mass is 10.0. The van der Waals surface area contributed by atoms with Crippen LogP contribution in [0, 0.1) is 13.8 Å². The van der Waals surface area contributed by atoms with E-state index in [1.807, 2.05) is 24.4 Å². The molecule has 0 radical (unpaired) electrons. The summed E-state index contributed by atoms with van der Waals surface area (Å²) >= 11 is 13.3. The summed E-state index contributed by atoms with van der Waals surface area (Å²) in [5, 5.41) is 6.04. The number of aryl methyl sites for hydroxylation is 2. The van der Waals surface area contributed by atoms with E-state index in [0.29, 0.717) is 20.7 Å². The fourth-order valence-electron chi connectivity index (χ4n) is 2.39. The third kappa shape index (κ3) is 3.61. The summed E-state index contributed by atoms with van der Waals surface area (Å²) in [4.78, 5) is 16.8. The molecular weight excluding hydrogens is 363 g/mol. The second kappa shape index (κ2) is 6.93. The smallest absolute Gasteiger partial charge is 0.258 e. The van der Waals surface area contributed by atoms with Crippen molar-refractivity contribution in [2.24, 2.45) is 0 Å². The Morgan fingerprint density at radius 2 is 1.92 bits per heavy atom. The first kappa shape index (κ1) is 17.0. The average Bonchev–Trinajstić information content (AvgIpc) is 2.95. The monoisotopic (exact) mass is 376 g/mol. The van der Waals surface area contributed by atoms with Crippen LogP contribution in [0.5, 0.6) is 0 Å². The minimum Gasteiger partial charge on any atom is -0.298 e. The molecule has 0 bridgehead atoms. The fourth-order valence-corrected chi connectivity index (χ4v) is 3.59. The normalized spacial score (nSPS) is 10.7. The molecule has 0 fully saturated rings. The van der Waals surface area contributed by atoms with Gasteiger partial charge in [-0.2, -0.15) is 0 Å². The van der Waals surface area contributed by atoms with Gasteiger partial charge in [0.05, 0.1) is 16.3 Å². The van der Waals surface area contributed by atoms with Gasteiger partial charge in [-0.15, -0.1) is 11.3 Å². The summed E-state index contributed by atoms with van der Waals surface area (Å²) in [7, 11) is 0.